The second-order valence-electron chi connectivity index (χ2n) is 7.63. The number of benzene rings is 3. The van der Waals surface area contributed by atoms with Gasteiger partial charge in [-0.05, 0) is 48.9 Å². The zero-order valence-electron chi connectivity index (χ0n) is 19.8. The predicted octanol–water partition coefficient (Wildman–Crippen LogP) is 4.45. The van der Waals surface area contributed by atoms with E-state index in [0.717, 1.165) is 5.56 Å². The molecule has 9 heteroatoms. The number of anilines is 1. The molecule has 1 aromatic heterocycles. The van der Waals surface area contributed by atoms with Crippen LogP contribution in [0.2, 0.25) is 0 Å². The summed E-state index contributed by atoms with van der Waals surface area (Å²) < 4.78 is 17.6. The van der Waals surface area contributed by atoms with Crippen LogP contribution in [0.15, 0.2) is 70.6 Å². The molecule has 1 N–H and O–H groups in total. The number of carbonyl (C=O) groups excluding carboxylic acids is 1. The summed E-state index contributed by atoms with van der Waals surface area (Å²) in [5, 5.41) is 3.73. The molecule has 180 valence electrons. The van der Waals surface area contributed by atoms with E-state index in [1.807, 2.05) is 25.1 Å². The van der Waals surface area contributed by atoms with Crippen LogP contribution in [0.1, 0.15) is 5.56 Å². The zero-order valence-corrected chi connectivity index (χ0v) is 20.6. The molecule has 0 saturated heterocycles. The Labute approximate surface area is 206 Å². The Morgan fingerprint density at radius 3 is 2.40 bits per heavy atom. The molecule has 1 amide bonds. The number of ether oxygens (including phenoxy) is 3. The Hall–Kier alpha value is -3.98. The Balaban J connectivity index is 1.70. The average Bonchev–Trinajstić information content (AvgIpc) is 2.87. The number of carbonyl (C=O) groups is 1. The molecular formula is C26H25N3O5S. The molecule has 0 aliphatic rings. The SMILES string of the molecule is COc1ccc(C)cc1NC(=O)CSc1nc2ccccc2c(=O)n1-c1ccc(OC)c(OC)c1. The molecular weight excluding hydrogens is 466 g/mol. The van der Waals surface area contributed by atoms with Gasteiger partial charge in [0.25, 0.3) is 5.56 Å². The van der Waals surface area contributed by atoms with Crippen molar-refractivity contribution in [2.45, 2.75) is 12.1 Å². The summed E-state index contributed by atoms with van der Waals surface area (Å²) in [5.41, 5.74) is 2.44. The highest BCUT2D eigenvalue weighted by atomic mass is 32.2. The standard InChI is InChI=1S/C26H25N3O5S/c1-16-9-11-21(32-2)20(13-16)27-24(30)15-35-26-28-19-8-6-5-7-18(19)25(31)29(26)17-10-12-22(33-3)23(14-17)34-4/h5-14H,15H2,1-4H3,(H,27,30). The van der Waals surface area contributed by atoms with Crippen LogP contribution in [0.5, 0.6) is 17.2 Å². The van der Waals surface area contributed by atoms with E-state index in [0.29, 0.717) is 44.7 Å². The van der Waals surface area contributed by atoms with Crippen LogP contribution in [0.25, 0.3) is 16.6 Å². The van der Waals surface area contributed by atoms with Crippen molar-refractivity contribution in [3.05, 3.63) is 76.6 Å². The van der Waals surface area contributed by atoms with Gasteiger partial charge in [0, 0.05) is 6.07 Å². The first-order valence-corrected chi connectivity index (χ1v) is 11.7. The van der Waals surface area contributed by atoms with E-state index >= 15 is 0 Å². The van der Waals surface area contributed by atoms with Gasteiger partial charge in [0.15, 0.2) is 16.7 Å². The molecule has 0 saturated carbocycles. The van der Waals surface area contributed by atoms with E-state index in [1.165, 1.54) is 23.4 Å². The fourth-order valence-corrected chi connectivity index (χ4v) is 4.45. The van der Waals surface area contributed by atoms with Gasteiger partial charge in [0.2, 0.25) is 5.91 Å². The normalized spacial score (nSPS) is 10.7. The summed E-state index contributed by atoms with van der Waals surface area (Å²) in [7, 11) is 4.63. The van der Waals surface area contributed by atoms with E-state index in [-0.39, 0.29) is 17.2 Å². The van der Waals surface area contributed by atoms with Crippen molar-refractivity contribution in [1.82, 2.24) is 9.55 Å². The van der Waals surface area contributed by atoms with Crippen LogP contribution in [0.3, 0.4) is 0 Å². The van der Waals surface area contributed by atoms with E-state index < -0.39 is 0 Å². The highest BCUT2D eigenvalue weighted by Gasteiger charge is 2.17. The molecule has 0 spiro atoms. The molecule has 4 aromatic rings. The van der Waals surface area contributed by atoms with Crippen LogP contribution >= 0.6 is 11.8 Å². The van der Waals surface area contributed by atoms with Gasteiger partial charge >= 0.3 is 0 Å². The minimum Gasteiger partial charge on any atom is -0.495 e. The lowest BCUT2D eigenvalue weighted by Gasteiger charge is -2.15. The molecule has 35 heavy (non-hydrogen) atoms. The summed E-state index contributed by atoms with van der Waals surface area (Å²) in [4.78, 5) is 31.0. The monoisotopic (exact) mass is 491 g/mol. The van der Waals surface area contributed by atoms with Gasteiger partial charge in [0.1, 0.15) is 5.75 Å². The maximum absolute atomic E-state index is 13.5. The van der Waals surface area contributed by atoms with Gasteiger partial charge in [-0.15, -0.1) is 0 Å². The summed E-state index contributed by atoms with van der Waals surface area (Å²) in [6.45, 7) is 1.94. The fraction of sp³-hybridized carbons (Fsp3) is 0.192. The Kier molecular flexibility index (Phi) is 7.26. The first-order chi connectivity index (χ1) is 16.9. The minimum atomic E-state index is -0.250. The second-order valence-corrected chi connectivity index (χ2v) is 8.57. The van der Waals surface area contributed by atoms with Crippen LogP contribution in [-0.2, 0) is 4.79 Å². The highest BCUT2D eigenvalue weighted by molar-refractivity contribution is 7.99. The molecule has 0 aliphatic carbocycles. The van der Waals surface area contributed by atoms with Gasteiger partial charge in [0.05, 0.1) is 49.4 Å². The van der Waals surface area contributed by atoms with Crippen molar-refractivity contribution in [1.29, 1.82) is 0 Å². The number of amides is 1. The molecule has 8 nitrogen and oxygen atoms in total. The van der Waals surface area contributed by atoms with Gasteiger partial charge in [-0.3, -0.25) is 14.2 Å². The zero-order chi connectivity index (χ0) is 24.9. The third-order valence-electron chi connectivity index (χ3n) is 5.33. The van der Waals surface area contributed by atoms with E-state index in [4.69, 9.17) is 14.2 Å². The van der Waals surface area contributed by atoms with Gasteiger partial charge < -0.3 is 19.5 Å². The number of aryl methyl sites for hydroxylation is 1. The van der Waals surface area contributed by atoms with E-state index in [2.05, 4.69) is 10.3 Å². The van der Waals surface area contributed by atoms with Crippen molar-refractivity contribution in [3.63, 3.8) is 0 Å². The summed E-state index contributed by atoms with van der Waals surface area (Å²) >= 11 is 1.17. The van der Waals surface area contributed by atoms with Crippen molar-refractivity contribution in [2.24, 2.45) is 0 Å². The third kappa shape index (κ3) is 5.09. The van der Waals surface area contributed by atoms with Gasteiger partial charge in [-0.25, -0.2) is 4.98 Å². The number of para-hydroxylation sites is 1. The average molecular weight is 492 g/mol. The van der Waals surface area contributed by atoms with Gasteiger partial charge in [-0.2, -0.15) is 0 Å². The molecule has 0 unspecified atom stereocenters. The molecule has 0 bridgehead atoms. The van der Waals surface area contributed by atoms with Crippen molar-refractivity contribution < 1.29 is 19.0 Å². The number of methoxy groups -OCH3 is 3. The molecule has 0 atom stereocenters. The van der Waals surface area contributed by atoms with Crippen LogP contribution in [0, 0.1) is 6.92 Å². The fourth-order valence-electron chi connectivity index (χ4n) is 3.64. The maximum atomic E-state index is 13.5. The molecule has 3 aromatic carbocycles. The Morgan fingerprint density at radius 2 is 1.66 bits per heavy atom. The predicted molar refractivity (Wildman–Crippen MR) is 138 cm³/mol. The molecule has 0 aliphatic heterocycles. The number of aromatic nitrogens is 2. The number of thioether (sulfide) groups is 1. The van der Waals surface area contributed by atoms with E-state index in [9.17, 15) is 9.59 Å². The summed E-state index contributed by atoms with van der Waals surface area (Å²) in [5.74, 6) is 1.37. The Bertz CT molecular complexity index is 1450. The van der Waals surface area contributed by atoms with Crippen molar-refractivity contribution in [2.75, 3.05) is 32.4 Å². The second kappa shape index (κ2) is 10.5. The largest absolute Gasteiger partial charge is 0.495 e. The quantitative estimate of drug-likeness (QED) is 0.288. The van der Waals surface area contributed by atoms with Crippen molar-refractivity contribution in [3.8, 4) is 22.9 Å². The molecule has 4 rings (SSSR count). The summed E-state index contributed by atoms with van der Waals surface area (Å²) in [6, 6.07) is 17.8. The number of hydrogen-bond acceptors (Lipinski definition) is 7. The molecule has 0 fully saturated rings. The number of nitrogens with one attached hydrogen (secondary N) is 1. The lowest BCUT2D eigenvalue weighted by atomic mass is 10.2. The number of rotatable bonds is 8. The third-order valence-corrected chi connectivity index (χ3v) is 6.27. The maximum Gasteiger partial charge on any atom is 0.266 e. The lowest BCUT2D eigenvalue weighted by Crippen LogP contribution is -2.23. The summed E-state index contributed by atoms with van der Waals surface area (Å²) in [6.07, 6.45) is 0. The van der Waals surface area contributed by atoms with Gasteiger partial charge in [-0.1, -0.05) is 30.0 Å². The number of fused-ring (bicyclic) bond motifs is 1. The lowest BCUT2D eigenvalue weighted by molar-refractivity contribution is -0.113. The Morgan fingerprint density at radius 1 is 0.943 bits per heavy atom. The van der Waals surface area contributed by atoms with E-state index in [1.54, 1.807) is 56.7 Å². The van der Waals surface area contributed by atoms with Crippen LogP contribution in [0.4, 0.5) is 5.69 Å². The minimum absolute atomic E-state index is 0.0369. The topological polar surface area (TPSA) is 91.7 Å². The highest BCUT2D eigenvalue weighted by Crippen LogP contribution is 2.31. The molecule has 1 heterocycles. The van der Waals surface area contributed by atoms with Crippen LogP contribution < -0.4 is 25.1 Å². The number of hydrogen-bond donors (Lipinski definition) is 1. The smallest absolute Gasteiger partial charge is 0.266 e. The van der Waals surface area contributed by atoms with Crippen molar-refractivity contribution >= 4 is 34.3 Å². The molecule has 0 radical (unpaired) electrons. The number of nitrogens with zero attached hydrogens (tertiary/aromatic N) is 2. The first kappa shape index (κ1) is 24.2. The first-order valence-electron chi connectivity index (χ1n) is 10.8. The van der Waals surface area contributed by atoms with Crippen LogP contribution in [-0.4, -0.2) is 42.5 Å².